The minimum absolute atomic E-state index is 0.183. The number of carbonyl (C=O) groups excluding carboxylic acids is 1. The molecule has 0 saturated heterocycles. The quantitative estimate of drug-likeness (QED) is 0.760. The lowest BCUT2D eigenvalue weighted by Gasteiger charge is -2.06. The van der Waals surface area contributed by atoms with Crippen LogP contribution in [0.15, 0.2) is 33.4 Å². The van der Waals surface area contributed by atoms with Crippen LogP contribution in [0.5, 0.6) is 0 Å². The van der Waals surface area contributed by atoms with Crippen LogP contribution >= 0.6 is 27.3 Å². The molecule has 1 nitrogen and oxygen atoms in total. The van der Waals surface area contributed by atoms with Gasteiger partial charge in [-0.25, -0.2) is 0 Å². The van der Waals surface area contributed by atoms with Crippen LogP contribution in [-0.2, 0) is 6.42 Å². The molecule has 0 N–H and O–H groups in total. The van der Waals surface area contributed by atoms with Crippen molar-refractivity contribution in [3.63, 3.8) is 0 Å². The number of aryl methyl sites for hydroxylation is 2. The monoisotopic (exact) mass is 308 g/mol. The van der Waals surface area contributed by atoms with Crippen LogP contribution in [0.3, 0.4) is 0 Å². The number of carbonyl (C=O) groups is 1. The van der Waals surface area contributed by atoms with E-state index in [0.29, 0.717) is 6.42 Å². The number of Topliss-reactive ketones (excluding diaryl/α,β-unsaturated/α-hetero) is 1. The fraction of sp³-hybridized carbons (Fsp3) is 0.214. The Morgan fingerprint density at radius 2 is 1.94 bits per heavy atom. The number of rotatable bonds is 3. The highest BCUT2D eigenvalue weighted by Crippen LogP contribution is 2.23. The van der Waals surface area contributed by atoms with Crippen LogP contribution < -0.4 is 0 Å². The molecule has 1 aromatic carbocycles. The lowest BCUT2D eigenvalue weighted by Crippen LogP contribution is -2.04. The fourth-order valence-corrected chi connectivity index (χ4v) is 2.69. The van der Waals surface area contributed by atoms with Crippen LogP contribution in [0.1, 0.15) is 27.0 Å². The number of hydrogen-bond donors (Lipinski definition) is 0. The lowest BCUT2D eigenvalue weighted by atomic mass is 10.0. The number of halogens is 1. The summed E-state index contributed by atoms with van der Waals surface area (Å²) in [5.74, 6) is 0.183. The van der Waals surface area contributed by atoms with Gasteiger partial charge in [0.05, 0.1) is 0 Å². The van der Waals surface area contributed by atoms with E-state index in [-0.39, 0.29) is 5.78 Å². The third-order valence-electron chi connectivity index (χ3n) is 2.70. The molecule has 0 radical (unpaired) electrons. The van der Waals surface area contributed by atoms with Gasteiger partial charge in [0.2, 0.25) is 0 Å². The van der Waals surface area contributed by atoms with E-state index in [0.717, 1.165) is 26.7 Å². The molecule has 0 unspecified atom stereocenters. The number of thiophene rings is 1. The van der Waals surface area contributed by atoms with Crippen molar-refractivity contribution in [1.82, 2.24) is 0 Å². The molecule has 3 heteroatoms. The SMILES string of the molecule is Cc1cc(C(=O)Cc2ccsc2)cc(C)c1Br. The molecule has 0 atom stereocenters. The van der Waals surface area contributed by atoms with Gasteiger partial charge >= 0.3 is 0 Å². The van der Waals surface area contributed by atoms with Crippen molar-refractivity contribution in [2.24, 2.45) is 0 Å². The lowest BCUT2D eigenvalue weighted by molar-refractivity contribution is 0.0993. The van der Waals surface area contributed by atoms with Gasteiger partial charge in [0.15, 0.2) is 5.78 Å². The second-order valence-corrected chi connectivity index (χ2v) is 5.73. The first kappa shape index (κ1) is 12.5. The van der Waals surface area contributed by atoms with Gasteiger partial charge in [0.25, 0.3) is 0 Å². The van der Waals surface area contributed by atoms with E-state index in [4.69, 9.17) is 0 Å². The van der Waals surface area contributed by atoms with Crippen molar-refractivity contribution in [3.05, 3.63) is 55.7 Å². The molecule has 17 heavy (non-hydrogen) atoms. The van der Waals surface area contributed by atoms with E-state index in [1.54, 1.807) is 11.3 Å². The Morgan fingerprint density at radius 3 is 2.47 bits per heavy atom. The highest BCUT2D eigenvalue weighted by molar-refractivity contribution is 9.10. The third kappa shape index (κ3) is 2.85. The molecule has 0 aliphatic heterocycles. The summed E-state index contributed by atoms with van der Waals surface area (Å²) < 4.78 is 1.09. The third-order valence-corrected chi connectivity index (χ3v) is 4.69. The normalized spacial score (nSPS) is 10.5. The number of hydrogen-bond acceptors (Lipinski definition) is 2. The summed E-state index contributed by atoms with van der Waals surface area (Å²) in [5.41, 5.74) is 4.12. The van der Waals surface area contributed by atoms with Gasteiger partial charge in [-0.2, -0.15) is 11.3 Å². The Labute approximate surface area is 114 Å². The average Bonchev–Trinajstić information content (AvgIpc) is 2.77. The second kappa shape index (κ2) is 5.15. The molecule has 0 saturated carbocycles. The van der Waals surface area contributed by atoms with E-state index in [2.05, 4.69) is 15.9 Å². The average molecular weight is 309 g/mol. The number of benzene rings is 1. The largest absolute Gasteiger partial charge is 0.294 e. The molecule has 0 bridgehead atoms. The van der Waals surface area contributed by atoms with Crippen molar-refractivity contribution in [2.75, 3.05) is 0 Å². The number of ketones is 1. The zero-order valence-electron chi connectivity index (χ0n) is 9.79. The molecule has 1 heterocycles. The zero-order chi connectivity index (χ0) is 12.4. The van der Waals surface area contributed by atoms with Crippen LogP contribution in [-0.4, -0.2) is 5.78 Å². The van der Waals surface area contributed by atoms with Gasteiger partial charge in [0.1, 0.15) is 0 Å². The summed E-state index contributed by atoms with van der Waals surface area (Å²) in [4.78, 5) is 12.1. The summed E-state index contributed by atoms with van der Waals surface area (Å²) in [6, 6.07) is 5.90. The maximum absolute atomic E-state index is 12.1. The molecule has 0 spiro atoms. The van der Waals surface area contributed by atoms with Crippen LogP contribution in [0.4, 0.5) is 0 Å². The first-order chi connectivity index (χ1) is 8.08. The summed E-state index contributed by atoms with van der Waals surface area (Å²) in [6.07, 6.45) is 0.490. The Balaban J connectivity index is 2.26. The standard InChI is InChI=1S/C14H13BrOS/c1-9-5-12(6-10(2)14(9)15)13(16)7-11-3-4-17-8-11/h3-6,8H,7H2,1-2H3. The Hall–Kier alpha value is -0.930. The van der Waals surface area contributed by atoms with Gasteiger partial charge in [-0.3, -0.25) is 4.79 Å². The summed E-state index contributed by atoms with van der Waals surface area (Å²) in [7, 11) is 0. The molecule has 0 fully saturated rings. The van der Waals surface area contributed by atoms with Crippen molar-refractivity contribution < 1.29 is 4.79 Å². The summed E-state index contributed by atoms with van der Waals surface area (Å²) >= 11 is 5.14. The molecule has 0 aliphatic rings. The van der Waals surface area contributed by atoms with Gasteiger partial charge in [-0.1, -0.05) is 15.9 Å². The zero-order valence-corrected chi connectivity index (χ0v) is 12.2. The summed E-state index contributed by atoms with van der Waals surface area (Å²) in [5, 5.41) is 4.02. The molecular formula is C14H13BrOS. The topological polar surface area (TPSA) is 17.1 Å². The minimum atomic E-state index is 0.183. The molecule has 2 aromatic rings. The van der Waals surface area contributed by atoms with Gasteiger partial charge in [-0.15, -0.1) is 0 Å². The predicted octanol–water partition coefficient (Wildman–Crippen LogP) is 4.55. The smallest absolute Gasteiger partial charge is 0.167 e. The van der Waals surface area contributed by atoms with Crippen LogP contribution in [0.2, 0.25) is 0 Å². The van der Waals surface area contributed by atoms with Crippen molar-refractivity contribution in [3.8, 4) is 0 Å². The highest BCUT2D eigenvalue weighted by atomic mass is 79.9. The van der Waals surface area contributed by atoms with E-state index >= 15 is 0 Å². The van der Waals surface area contributed by atoms with Crippen molar-refractivity contribution >= 4 is 33.0 Å². The molecule has 1 aromatic heterocycles. The van der Waals surface area contributed by atoms with Gasteiger partial charge in [-0.05, 0) is 59.5 Å². The molecule has 88 valence electrons. The molecule has 2 rings (SSSR count). The van der Waals surface area contributed by atoms with E-state index in [1.807, 2.05) is 42.8 Å². The van der Waals surface area contributed by atoms with E-state index < -0.39 is 0 Å². The van der Waals surface area contributed by atoms with Crippen molar-refractivity contribution in [1.29, 1.82) is 0 Å². The predicted molar refractivity (Wildman–Crippen MR) is 76.0 cm³/mol. The van der Waals surface area contributed by atoms with Crippen molar-refractivity contribution in [2.45, 2.75) is 20.3 Å². The minimum Gasteiger partial charge on any atom is -0.294 e. The maximum Gasteiger partial charge on any atom is 0.167 e. The molecule has 0 aliphatic carbocycles. The van der Waals surface area contributed by atoms with Gasteiger partial charge in [0, 0.05) is 16.5 Å². The Bertz CT molecular complexity index is 520. The fourth-order valence-electron chi connectivity index (χ4n) is 1.79. The Kier molecular flexibility index (Phi) is 3.79. The summed E-state index contributed by atoms with van der Waals surface area (Å²) in [6.45, 7) is 4.02. The van der Waals surface area contributed by atoms with Gasteiger partial charge < -0.3 is 0 Å². The molecule has 0 amide bonds. The highest BCUT2D eigenvalue weighted by Gasteiger charge is 2.10. The van der Waals surface area contributed by atoms with Crippen LogP contribution in [0.25, 0.3) is 0 Å². The van der Waals surface area contributed by atoms with E-state index in [1.165, 1.54) is 0 Å². The van der Waals surface area contributed by atoms with Crippen LogP contribution in [0, 0.1) is 13.8 Å². The molecular weight excluding hydrogens is 296 g/mol. The maximum atomic E-state index is 12.1. The second-order valence-electron chi connectivity index (χ2n) is 4.16. The first-order valence-electron chi connectivity index (χ1n) is 5.39. The first-order valence-corrected chi connectivity index (χ1v) is 7.12. The Morgan fingerprint density at radius 1 is 1.29 bits per heavy atom. The van der Waals surface area contributed by atoms with E-state index in [9.17, 15) is 4.79 Å².